The third kappa shape index (κ3) is 4.79. The van der Waals surface area contributed by atoms with Gasteiger partial charge in [0.25, 0.3) is 0 Å². The molecule has 0 heterocycles. The quantitative estimate of drug-likeness (QED) is 0.609. The molecule has 16 heavy (non-hydrogen) atoms. The maximum absolute atomic E-state index is 11.8. The Labute approximate surface area is 132 Å². The van der Waals surface area contributed by atoms with Gasteiger partial charge in [0.05, 0.1) is 5.56 Å². The Hall–Kier alpha value is -0.149. The first-order valence-corrected chi connectivity index (χ1v) is 3.94. The zero-order valence-corrected chi connectivity index (χ0v) is 11.5. The smallest absolute Gasteiger partial charge is 0.508 e. The number of halogens is 3. The molecule has 0 aromatic heterocycles. The fourth-order valence-electron chi connectivity index (χ4n) is 0.985. The molecule has 0 fully saturated rings. The number of phenolic OH excluding ortho intramolecular Hbond substituents is 3. The van der Waals surface area contributed by atoms with Crippen LogP contribution in [0.15, 0.2) is 18.1 Å². The largest absolute Gasteiger partial charge is 1.00 e. The van der Waals surface area contributed by atoms with E-state index in [1.807, 2.05) is 0 Å². The van der Waals surface area contributed by atoms with Crippen molar-refractivity contribution < 1.29 is 79.7 Å². The van der Waals surface area contributed by atoms with Crippen LogP contribution in [0.2, 0.25) is 0 Å². The zero-order valence-electron chi connectivity index (χ0n) is 8.36. The molecule has 0 spiro atoms. The van der Waals surface area contributed by atoms with Crippen molar-refractivity contribution in [3.63, 3.8) is 0 Å². The van der Waals surface area contributed by atoms with Gasteiger partial charge in [0, 0.05) is 12.1 Å². The van der Waals surface area contributed by atoms with Crippen molar-refractivity contribution >= 4 is 13.1 Å². The van der Waals surface area contributed by atoms with E-state index in [-0.39, 0.29) is 62.9 Å². The molecule has 1 rings (SSSR count). The summed E-state index contributed by atoms with van der Waals surface area (Å²) < 4.78 is 35.5. The monoisotopic (exact) mass is 258 g/mol. The second-order valence-corrected chi connectivity index (χ2v) is 2.88. The summed E-state index contributed by atoms with van der Waals surface area (Å²) in [7, 11) is 0. The molecule has 0 atom stereocenters. The minimum Gasteiger partial charge on any atom is -0.508 e. The van der Waals surface area contributed by atoms with Gasteiger partial charge < -0.3 is 28.3 Å². The first-order valence-electron chi connectivity index (χ1n) is 3.94. The average Bonchev–Trinajstić information content (AvgIpc) is 1.99. The standard InChI is InChI=1S/C8H7BF3O3.K/c10-9(11,12)2-1-6-7(14)3-5(13)4-8(6)15;/h1-4,13-15H;/q-1;+1/b2-1+;. The molecule has 0 aliphatic rings. The van der Waals surface area contributed by atoms with Crippen LogP contribution in [0.3, 0.4) is 0 Å². The third-order valence-electron chi connectivity index (χ3n) is 1.60. The zero-order chi connectivity index (χ0) is 11.6. The minimum absolute atomic E-state index is 0. The van der Waals surface area contributed by atoms with Gasteiger partial charge in [0.2, 0.25) is 0 Å². The van der Waals surface area contributed by atoms with E-state index in [1.54, 1.807) is 0 Å². The SMILES string of the molecule is Oc1cc(O)c(/C=C/[B-](F)(F)F)c(O)c1.[K+]. The van der Waals surface area contributed by atoms with Gasteiger partial charge in [-0.25, -0.2) is 0 Å². The second-order valence-electron chi connectivity index (χ2n) is 2.88. The first-order chi connectivity index (χ1) is 6.79. The van der Waals surface area contributed by atoms with E-state index >= 15 is 0 Å². The Morgan fingerprint density at radius 3 is 1.81 bits per heavy atom. The number of benzene rings is 1. The second kappa shape index (κ2) is 5.97. The molecule has 0 unspecified atom stereocenters. The summed E-state index contributed by atoms with van der Waals surface area (Å²) in [4.78, 5) is 0. The van der Waals surface area contributed by atoms with Crippen LogP contribution in [-0.2, 0) is 0 Å². The Morgan fingerprint density at radius 1 is 1.00 bits per heavy atom. The van der Waals surface area contributed by atoms with Crippen molar-refractivity contribution in [2.24, 2.45) is 0 Å². The van der Waals surface area contributed by atoms with E-state index in [0.29, 0.717) is 6.08 Å². The molecule has 0 bridgehead atoms. The Kier molecular flexibility index (Phi) is 5.91. The van der Waals surface area contributed by atoms with Crippen LogP contribution in [-0.4, -0.2) is 22.3 Å². The summed E-state index contributed by atoms with van der Waals surface area (Å²) >= 11 is 0. The molecule has 0 amide bonds. The molecule has 0 radical (unpaired) electrons. The third-order valence-corrected chi connectivity index (χ3v) is 1.60. The maximum atomic E-state index is 11.8. The predicted octanol–water partition coefficient (Wildman–Crippen LogP) is -0.793. The summed E-state index contributed by atoms with van der Waals surface area (Å²) in [6.45, 7) is -5.13. The molecule has 1 aromatic rings. The van der Waals surface area contributed by atoms with Crippen LogP contribution < -0.4 is 51.4 Å². The van der Waals surface area contributed by atoms with Crippen LogP contribution in [0.5, 0.6) is 17.2 Å². The number of aromatic hydroxyl groups is 3. The summed E-state index contributed by atoms with van der Waals surface area (Å²) in [5.41, 5.74) is -0.382. The molecular weight excluding hydrogens is 251 g/mol. The molecule has 82 valence electrons. The van der Waals surface area contributed by atoms with E-state index in [0.717, 1.165) is 12.1 Å². The summed E-state index contributed by atoms with van der Waals surface area (Å²) in [6.07, 6.45) is 0.546. The van der Waals surface area contributed by atoms with Gasteiger partial charge in [-0.05, 0) is 0 Å². The van der Waals surface area contributed by atoms with E-state index in [2.05, 4.69) is 0 Å². The Bertz CT molecular complexity index is 383. The maximum Gasteiger partial charge on any atom is 1.00 e. The summed E-state index contributed by atoms with van der Waals surface area (Å²) in [6, 6.07) is 1.67. The molecule has 8 heteroatoms. The van der Waals surface area contributed by atoms with Crippen molar-refractivity contribution in [2.45, 2.75) is 0 Å². The van der Waals surface area contributed by atoms with Gasteiger partial charge in [0.1, 0.15) is 17.2 Å². The van der Waals surface area contributed by atoms with Crippen LogP contribution >= 0.6 is 0 Å². The molecule has 3 nitrogen and oxygen atoms in total. The average molecular weight is 258 g/mol. The first kappa shape index (κ1) is 15.9. The van der Waals surface area contributed by atoms with E-state index < -0.39 is 24.2 Å². The molecule has 1 aromatic carbocycles. The molecule has 0 aliphatic heterocycles. The van der Waals surface area contributed by atoms with Gasteiger partial charge in [-0.2, -0.15) is 0 Å². The normalized spacial score (nSPS) is 11.4. The number of hydrogen-bond acceptors (Lipinski definition) is 3. The van der Waals surface area contributed by atoms with Crippen LogP contribution in [0.1, 0.15) is 5.56 Å². The fraction of sp³-hybridized carbons (Fsp3) is 0. The van der Waals surface area contributed by atoms with E-state index in [1.165, 1.54) is 0 Å². The molecule has 3 N–H and O–H groups in total. The number of hydrogen-bond donors (Lipinski definition) is 3. The van der Waals surface area contributed by atoms with Crippen LogP contribution in [0.25, 0.3) is 6.08 Å². The molecule has 0 saturated heterocycles. The summed E-state index contributed by atoms with van der Waals surface area (Å²) in [5.74, 6) is -1.74. The minimum atomic E-state index is -5.13. The Balaban J connectivity index is 0.00000225. The van der Waals surface area contributed by atoms with Gasteiger partial charge >= 0.3 is 58.4 Å². The van der Waals surface area contributed by atoms with Crippen molar-refractivity contribution in [3.05, 3.63) is 23.7 Å². The van der Waals surface area contributed by atoms with Crippen molar-refractivity contribution in [1.29, 1.82) is 0 Å². The predicted molar refractivity (Wildman–Crippen MR) is 49.5 cm³/mol. The number of phenols is 3. The van der Waals surface area contributed by atoms with E-state index in [4.69, 9.17) is 15.3 Å². The van der Waals surface area contributed by atoms with Gasteiger partial charge in [-0.3, -0.25) is 0 Å². The van der Waals surface area contributed by atoms with Gasteiger partial charge in [0.15, 0.2) is 0 Å². The van der Waals surface area contributed by atoms with Gasteiger partial charge in [-0.15, -0.1) is 5.98 Å². The Morgan fingerprint density at radius 2 is 1.44 bits per heavy atom. The molecular formula is C8H7BF3KO3. The summed E-state index contributed by atoms with van der Waals surface area (Å²) in [5, 5.41) is 27.2. The van der Waals surface area contributed by atoms with Crippen LogP contribution in [0, 0.1) is 0 Å². The van der Waals surface area contributed by atoms with Crippen molar-refractivity contribution in [3.8, 4) is 17.2 Å². The van der Waals surface area contributed by atoms with Crippen LogP contribution in [0.4, 0.5) is 12.9 Å². The molecule has 0 aliphatic carbocycles. The molecule has 0 saturated carbocycles. The van der Waals surface area contributed by atoms with Gasteiger partial charge in [-0.1, -0.05) is 6.08 Å². The van der Waals surface area contributed by atoms with E-state index in [9.17, 15) is 12.9 Å². The van der Waals surface area contributed by atoms with Crippen molar-refractivity contribution in [2.75, 3.05) is 0 Å². The number of rotatable bonds is 2. The van der Waals surface area contributed by atoms with Crippen molar-refractivity contribution in [1.82, 2.24) is 0 Å². The topological polar surface area (TPSA) is 60.7 Å². The fourth-order valence-corrected chi connectivity index (χ4v) is 0.985.